The molecular weight excluding hydrogens is 381 g/mol. The highest BCUT2D eigenvalue weighted by molar-refractivity contribution is 7.98. The van der Waals surface area contributed by atoms with E-state index in [9.17, 15) is 9.59 Å². The second-order valence-corrected chi connectivity index (χ2v) is 7.29. The minimum atomic E-state index is -0.525. The Kier molecular flexibility index (Phi) is 7.17. The topological polar surface area (TPSA) is 46.6 Å². The van der Waals surface area contributed by atoms with Crippen LogP contribution in [0.25, 0.3) is 0 Å². The zero-order chi connectivity index (χ0) is 18.4. The number of carbonyl (C=O) groups is 2. The number of rotatable bonds is 6. The number of likely N-dealkylation sites (N-methyl/N-ethyl adjacent to an activating group) is 1. The molecular formula is C18H17Cl2NO3S. The van der Waals surface area contributed by atoms with Crippen LogP contribution in [0.1, 0.15) is 15.9 Å². The summed E-state index contributed by atoms with van der Waals surface area (Å²) in [6.07, 6.45) is 0. The summed E-state index contributed by atoms with van der Waals surface area (Å²) in [7, 11) is 3.21. The quantitative estimate of drug-likeness (QED) is 0.530. The van der Waals surface area contributed by atoms with E-state index < -0.39 is 5.97 Å². The maximum absolute atomic E-state index is 12.1. The number of amides is 1. The second-order valence-electron chi connectivity index (χ2n) is 5.43. The zero-order valence-corrected chi connectivity index (χ0v) is 16.1. The van der Waals surface area contributed by atoms with E-state index >= 15 is 0 Å². The molecule has 0 atom stereocenters. The monoisotopic (exact) mass is 397 g/mol. The van der Waals surface area contributed by atoms with Crippen molar-refractivity contribution in [2.75, 3.05) is 20.7 Å². The fourth-order valence-corrected chi connectivity index (χ4v) is 3.31. The van der Waals surface area contributed by atoms with Crippen LogP contribution in [-0.2, 0) is 15.3 Å². The van der Waals surface area contributed by atoms with E-state index in [0.29, 0.717) is 21.4 Å². The minimum Gasteiger partial charge on any atom is -0.452 e. The summed E-state index contributed by atoms with van der Waals surface area (Å²) in [6.45, 7) is -0.275. The van der Waals surface area contributed by atoms with Crippen LogP contribution in [-0.4, -0.2) is 37.5 Å². The average Bonchev–Trinajstić information content (AvgIpc) is 2.60. The molecule has 132 valence electrons. The van der Waals surface area contributed by atoms with Crippen molar-refractivity contribution in [1.82, 2.24) is 4.90 Å². The van der Waals surface area contributed by atoms with Crippen molar-refractivity contribution in [1.29, 1.82) is 0 Å². The lowest BCUT2D eigenvalue weighted by atomic mass is 10.1. The molecule has 4 nitrogen and oxygen atoms in total. The third-order valence-electron chi connectivity index (χ3n) is 3.28. The SMILES string of the molecule is CN(C)C(=O)COC(=O)c1cccc(CSc2cc(Cl)ccc2Cl)c1. The number of nitrogens with zero attached hydrogens (tertiary/aromatic N) is 1. The molecule has 2 aromatic rings. The summed E-state index contributed by atoms with van der Waals surface area (Å²) in [5.74, 6) is -0.170. The second kappa shape index (κ2) is 9.13. The molecule has 0 aromatic heterocycles. The lowest BCUT2D eigenvalue weighted by molar-refractivity contribution is -0.131. The average molecular weight is 398 g/mol. The van der Waals surface area contributed by atoms with E-state index in [4.69, 9.17) is 27.9 Å². The van der Waals surface area contributed by atoms with Gasteiger partial charge in [-0.3, -0.25) is 4.79 Å². The van der Waals surface area contributed by atoms with Crippen LogP contribution in [0.2, 0.25) is 10.0 Å². The third kappa shape index (κ3) is 5.96. The number of carbonyl (C=O) groups excluding carboxylic acids is 2. The van der Waals surface area contributed by atoms with Gasteiger partial charge in [-0.25, -0.2) is 4.79 Å². The van der Waals surface area contributed by atoms with Gasteiger partial charge in [0.2, 0.25) is 0 Å². The maximum atomic E-state index is 12.1. The zero-order valence-electron chi connectivity index (χ0n) is 13.8. The van der Waals surface area contributed by atoms with Crippen LogP contribution in [0, 0.1) is 0 Å². The first-order chi connectivity index (χ1) is 11.9. The summed E-state index contributed by atoms with van der Waals surface area (Å²) in [5, 5.41) is 1.25. The molecule has 0 saturated heterocycles. The molecule has 25 heavy (non-hydrogen) atoms. The van der Waals surface area contributed by atoms with Crippen LogP contribution in [0.3, 0.4) is 0 Å². The lowest BCUT2D eigenvalue weighted by Crippen LogP contribution is -2.27. The van der Waals surface area contributed by atoms with E-state index in [1.54, 1.807) is 50.5 Å². The Hall–Kier alpha value is -1.69. The number of hydrogen-bond donors (Lipinski definition) is 0. The van der Waals surface area contributed by atoms with Gasteiger partial charge in [0, 0.05) is 29.8 Å². The highest BCUT2D eigenvalue weighted by Gasteiger charge is 2.12. The summed E-state index contributed by atoms with van der Waals surface area (Å²) in [4.78, 5) is 25.8. The molecule has 0 heterocycles. The van der Waals surface area contributed by atoms with Crippen LogP contribution < -0.4 is 0 Å². The Labute approximate surface area is 161 Å². The standard InChI is InChI=1S/C18H17Cl2NO3S/c1-21(2)17(22)10-24-18(23)13-5-3-4-12(8-13)11-25-16-9-14(19)6-7-15(16)20/h3-9H,10-11H2,1-2H3. The van der Waals surface area contributed by atoms with Crippen LogP contribution in [0.5, 0.6) is 0 Å². The highest BCUT2D eigenvalue weighted by atomic mass is 35.5. The van der Waals surface area contributed by atoms with E-state index in [-0.39, 0.29) is 12.5 Å². The molecule has 0 spiro atoms. The highest BCUT2D eigenvalue weighted by Crippen LogP contribution is 2.32. The molecule has 0 radical (unpaired) electrons. The van der Waals surface area contributed by atoms with Crippen molar-refractivity contribution in [3.8, 4) is 0 Å². The van der Waals surface area contributed by atoms with Gasteiger partial charge >= 0.3 is 5.97 Å². The Morgan fingerprint density at radius 1 is 1.12 bits per heavy atom. The summed E-state index contributed by atoms with van der Waals surface area (Å²) < 4.78 is 5.03. The van der Waals surface area contributed by atoms with Gasteiger partial charge in [-0.15, -0.1) is 11.8 Å². The molecule has 0 aliphatic rings. The normalized spacial score (nSPS) is 10.4. The molecule has 0 bridgehead atoms. The number of esters is 1. The third-order valence-corrected chi connectivity index (χ3v) is 5.08. The molecule has 2 aromatic carbocycles. The summed E-state index contributed by atoms with van der Waals surface area (Å²) in [6, 6.07) is 12.4. The number of halogens is 2. The van der Waals surface area contributed by atoms with E-state index in [1.165, 1.54) is 16.7 Å². The Morgan fingerprint density at radius 2 is 1.88 bits per heavy atom. The fourth-order valence-electron chi connectivity index (χ4n) is 1.88. The van der Waals surface area contributed by atoms with Crippen LogP contribution >= 0.6 is 35.0 Å². The Balaban J connectivity index is 1.99. The van der Waals surface area contributed by atoms with Crippen LogP contribution in [0.15, 0.2) is 47.4 Å². The van der Waals surface area contributed by atoms with Gasteiger partial charge in [0.25, 0.3) is 5.91 Å². The number of ether oxygens (including phenoxy) is 1. The molecule has 0 aliphatic carbocycles. The van der Waals surface area contributed by atoms with Gasteiger partial charge in [0.1, 0.15) is 0 Å². The van der Waals surface area contributed by atoms with Gasteiger partial charge in [0.05, 0.1) is 10.6 Å². The van der Waals surface area contributed by atoms with Crippen LogP contribution in [0.4, 0.5) is 0 Å². The molecule has 7 heteroatoms. The van der Waals surface area contributed by atoms with E-state index in [1.807, 2.05) is 6.07 Å². The smallest absolute Gasteiger partial charge is 0.338 e. The molecule has 1 amide bonds. The Morgan fingerprint density at radius 3 is 2.60 bits per heavy atom. The van der Waals surface area contributed by atoms with E-state index in [2.05, 4.69) is 0 Å². The van der Waals surface area contributed by atoms with Crippen molar-refractivity contribution in [3.05, 3.63) is 63.6 Å². The number of benzene rings is 2. The first-order valence-electron chi connectivity index (χ1n) is 7.41. The largest absolute Gasteiger partial charge is 0.452 e. The predicted octanol–water partition coefficient (Wildman–Crippen LogP) is 4.53. The van der Waals surface area contributed by atoms with Gasteiger partial charge in [-0.2, -0.15) is 0 Å². The first-order valence-corrected chi connectivity index (χ1v) is 9.15. The van der Waals surface area contributed by atoms with Crippen molar-refractivity contribution in [3.63, 3.8) is 0 Å². The predicted molar refractivity (Wildman–Crippen MR) is 101 cm³/mol. The summed E-state index contributed by atoms with van der Waals surface area (Å²) in [5.41, 5.74) is 1.34. The van der Waals surface area contributed by atoms with E-state index in [0.717, 1.165) is 10.5 Å². The molecule has 0 aliphatic heterocycles. The lowest BCUT2D eigenvalue weighted by Gasteiger charge is -2.11. The Bertz CT molecular complexity index is 781. The number of hydrogen-bond acceptors (Lipinski definition) is 4. The minimum absolute atomic E-state index is 0.268. The molecule has 0 unspecified atom stereocenters. The first kappa shape index (κ1) is 19.6. The van der Waals surface area contributed by atoms with Gasteiger partial charge in [0.15, 0.2) is 6.61 Å². The van der Waals surface area contributed by atoms with Crippen molar-refractivity contribution in [2.24, 2.45) is 0 Å². The van der Waals surface area contributed by atoms with Crippen molar-refractivity contribution in [2.45, 2.75) is 10.6 Å². The fraction of sp³-hybridized carbons (Fsp3) is 0.222. The van der Waals surface area contributed by atoms with Crippen molar-refractivity contribution >= 4 is 46.8 Å². The molecule has 0 fully saturated rings. The molecule has 0 saturated carbocycles. The molecule has 0 N–H and O–H groups in total. The summed E-state index contributed by atoms with van der Waals surface area (Å²) >= 11 is 13.7. The molecule has 2 rings (SSSR count). The van der Waals surface area contributed by atoms with Gasteiger partial charge in [-0.1, -0.05) is 35.3 Å². The van der Waals surface area contributed by atoms with Gasteiger partial charge < -0.3 is 9.64 Å². The number of thioether (sulfide) groups is 1. The van der Waals surface area contributed by atoms with Gasteiger partial charge in [-0.05, 0) is 35.9 Å². The maximum Gasteiger partial charge on any atom is 0.338 e. The van der Waals surface area contributed by atoms with Crippen molar-refractivity contribution < 1.29 is 14.3 Å².